The third-order valence-electron chi connectivity index (χ3n) is 1.91. The summed E-state index contributed by atoms with van der Waals surface area (Å²) >= 11 is 0. The molecule has 1 aromatic rings. The molecule has 0 aromatic carbocycles. The molecule has 3 nitrogen and oxygen atoms in total. The number of nitrogens with zero attached hydrogens (tertiary/aromatic N) is 2. The van der Waals surface area contributed by atoms with Gasteiger partial charge in [-0.1, -0.05) is 0 Å². The zero-order valence-electron chi connectivity index (χ0n) is 8.75. The Bertz CT molecular complexity index is 302. The minimum atomic E-state index is -0.399. The quantitative estimate of drug-likeness (QED) is 0.730. The Labute approximate surface area is 83.5 Å². The van der Waals surface area contributed by atoms with Crippen LogP contribution in [0.3, 0.4) is 0 Å². The normalized spacial score (nSPS) is 10.6. The highest BCUT2D eigenvalue weighted by Crippen LogP contribution is 2.13. The first-order valence-electron chi connectivity index (χ1n) is 4.46. The van der Waals surface area contributed by atoms with E-state index in [-0.39, 0.29) is 5.88 Å². The Balaban J connectivity index is 2.66. The van der Waals surface area contributed by atoms with Gasteiger partial charge in [0.15, 0.2) is 5.82 Å². The summed E-state index contributed by atoms with van der Waals surface area (Å²) in [6.07, 6.45) is 2.44. The van der Waals surface area contributed by atoms with Crippen molar-refractivity contribution in [3.8, 4) is 5.88 Å². The van der Waals surface area contributed by atoms with Crippen molar-refractivity contribution in [3.05, 3.63) is 23.6 Å². The minimum Gasteiger partial charge on any atom is -0.479 e. The molecule has 14 heavy (non-hydrogen) atoms. The van der Waals surface area contributed by atoms with Crippen molar-refractivity contribution in [2.45, 2.75) is 6.42 Å². The van der Waals surface area contributed by atoms with Crippen LogP contribution in [-0.4, -0.2) is 37.6 Å². The largest absolute Gasteiger partial charge is 0.479 e. The average Bonchev–Trinajstić information content (AvgIpc) is 2.15. The lowest BCUT2D eigenvalue weighted by Crippen LogP contribution is -2.15. The number of ether oxygens (including phenoxy) is 1. The van der Waals surface area contributed by atoms with E-state index in [9.17, 15) is 4.39 Å². The summed E-state index contributed by atoms with van der Waals surface area (Å²) in [6, 6.07) is 1.47. The van der Waals surface area contributed by atoms with Gasteiger partial charge in [-0.3, -0.25) is 0 Å². The van der Waals surface area contributed by atoms with Gasteiger partial charge in [0.25, 0.3) is 0 Å². The molecule has 0 radical (unpaired) electrons. The topological polar surface area (TPSA) is 25.4 Å². The SMILES string of the molecule is COc1ncc(CCN(C)C)cc1F. The lowest BCUT2D eigenvalue weighted by molar-refractivity contribution is 0.367. The van der Waals surface area contributed by atoms with Crippen LogP contribution in [0.4, 0.5) is 4.39 Å². The number of likely N-dealkylation sites (N-methyl/N-ethyl adjacent to an activating group) is 1. The smallest absolute Gasteiger partial charge is 0.250 e. The predicted octanol–water partition coefficient (Wildman–Crippen LogP) is 1.33. The predicted molar refractivity (Wildman–Crippen MR) is 53.0 cm³/mol. The average molecular weight is 198 g/mol. The van der Waals surface area contributed by atoms with Crippen LogP contribution in [-0.2, 0) is 6.42 Å². The molecule has 1 rings (SSSR count). The maximum absolute atomic E-state index is 13.2. The summed E-state index contributed by atoms with van der Waals surface area (Å²) in [6.45, 7) is 0.882. The minimum absolute atomic E-state index is 0.0543. The van der Waals surface area contributed by atoms with Gasteiger partial charge in [-0.2, -0.15) is 0 Å². The van der Waals surface area contributed by atoms with Crippen molar-refractivity contribution in [3.63, 3.8) is 0 Å². The highest BCUT2D eigenvalue weighted by atomic mass is 19.1. The van der Waals surface area contributed by atoms with Crippen molar-refractivity contribution in [1.82, 2.24) is 9.88 Å². The number of halogens is 1. The van der Waals surface area contributed by atoms with Crippen LogP contribution in [0.15, 0.2) is 12.3 Å². The van der Waals surface area contributed by atoms with Crippen molar-refractivity contribution < 1.29 is 9.13 Å². The summed E-state index contributed by atoms with van der Waals surface area (Å²) in [5, 5.41) is 0. The number of pyridine rings is 1. The molecule has 0 bridgehead atoms. The van der Waals surface area contributed by atoms with Crippen LogP contribution in [0.1, 0.15) is 5.56 Å². The molecule has 0 saturated heterocycles. The van der Waals surface area contributed by atoms with E-state index in [0.717, 1.165) is 18.5 Å². The molecule has 0 spiro atoms. The third kappa shape index (κ3) is 2.96. The van der Waals surface area contributed by atoms with Crippen LogP contribution in [0, 0.1) is 5.82 Å². The Morgan fingerprint density at radius 1 is 1.50 bits per heavy atom. The summed E-state index contributed by atoms with van der Waals surface area (Å²) in [5.41, 5.74) is 0.886. The van der Waals surface area contributed by atoms with E-state index >= 15 is 0 Å². The Morgan fingerprint density at radius 3 is 2.71 bits per heavy atom. The summed E-state index contributed by atoms with van der Waals surface area (Å²) in [4.78, 5) is 5.90. The first-order valence-corrected chi connectivity index (χ1v) is 4.46. The highest BCUT2D eigenvalue weighted by Gasteiger charge is 2.04. The molecule has 0 aliphatic rings. The fourth-order valence-electron chi connectivity index (χ4n) is 1.10. The Morgan fingerprint density at radius 2 is 2.21 bits per heavy atom. The van der Waals surface area contributed by atoms with Gasteiger partial charge in [-0.15, -0.1) is 0 Å². The molecule has 4 heteroatoms. The van der Waals surface area contributed by atoms with Crippen molar-refractivity contribution in [2.75, 3.05) is 27.7 Å². The fraction of sp³-hybridized carbons (Fsp3) is 0.500. The maximum Gasteiger partial charge on any atom is 0.250 e. The molecule has 0 unspecified atom stereocenters. The van der Waals surface area contributed by atoms with Crippen molar-refractivity contribution in [2.24, 2.45) is 0 Å². The molecule has 0 amide bonds. The van der Waals surface area contributed by atoms with Gasteiger partial charge >= 0.3 is 0 Å². The monoisotopic (exact) mass is 198 g/mol. The van der Waals surface area contributed by atoms with Crippen molar-refractivity contribution in [1.29, 1.82) is 0 Å². The third-order valence-corrected chi connectivity index (χ3v) is 1.91. The van der Waals surface area contributed by atoms with Crippen LogP contribution >= 0.6 is 0 Å². The van der Waals surface area contributed by atoms with Gasteiger partial charge in [-0.25, -0.2) is 9.37 Å². The van der Waals surface area contributed by atoms with Crippen LogP contribution in [0.5, 0.6) is 5.88 Å². The number of aromatic nitrogens is 1. The number of hydrogen-bond acceptors (Lipinski definition) is 3. The van der Waals surface area contributed by atoms with E-state index in [1.54, 1.807) is 6.20 Å². The van der Waals surface area contributed by atoms with E-state index in [1.807, 2.05) is 19.0 Å². The molecule has 0 atom stereocenters. The molecule has 0 aliphatic heterocycles. The van der Waals surface area contributed by atoms with E-state index in [2.05, 4.69) is 4.98 Å². The Kier molecular flexibility index (Phi) is 3.83. The second kappa shape index (κ2) is 4.91. The van der Waals surface area contributed by atoms with Gasteiger partial charge in [-0.05, 0) is 32.1 Å². The Hall–Kier alpha value is -1.16. The summed E-state index contributed by atoms with van der Waals surface area (Å²) in [7, 11) is 5.37. The van der Waals surface area contributed by atoms with Gasteiger partial charge in [0.2, 0.25) is 5.88 Å². The second-order valence-electron chi connectivity index (χ2n) is 3.39. The zero-order chi connectivity index (χ0) is 10.6. The molecule has 1 heterocycles. The summed E-state index contributed by atoms with van der Waals surface area (Å²) < 4.78 is 17.9. The summed E-state index contributed by atoms with van der Waals surface area (Å²) in [5.74, 6) is -0.345. The second-order valence-corrected chi connectivity index (χ2v) is 3.39. The maximum atomic E-state index is 13.2. The van der Waals surface area contributed by atoms with Crippen LogP contribution in [0.25, 0.3) is 0 Å². The fourth-order valence-corrected chi connectivity index (χ4v) is 1.10. The number of hydrogen-bond donors (Lipinski definition) is 0. The van der Waals surface area contributed by atoms with Crippen LogP contribution < -0.4 is 4.74 Å². The first kappa shape index (κ1) is 10.9. The number of rotatable bonds is 4. The molecule has 0 N–H and O–H groups in total. The van der Waals surface area contributed by atoms with E-state index < -0.39 is 5.82 Å². The van der Waals surface area contributed by atoms with Gasteiger partial charge in [0, 0.05) is 12.7 Å². The van der Waals surface area contributed by atoms with Crippen molar-refractivity contribution >= 4 is 0 Å². The molecule has 0 saturated carbocycles. The first-order chi connectivity index (χ1) is 6.63. The van der Waals surface area contributed by atoms with Gasteiger partial charge in [0.05, 0.1) is 7.11 Å². The van der Waals surface area contributed by atoms with E-state index in [1.165, 1.54) is 13.2 Å². The highest BCUT2D eigenvalue weighted by molar-refractivity contribution is 5.20. The molecule has 78 valence electrons. The lowest BCUT2D eigenvalue weighted by atomic mass is 10.2. The van der Waals surface area contributed by atoms with E-state index in [4.69, 9.17) is 4.74 Å². The molecular formula is C10H15FN2O. The molecular weight excluding hydrogens is 183 g/mol. The zero-order valence-corrected chi connectivity index (χ0v) is 8.75. The van der Waals surface area contributed by atoms with E-state index in [0.29, 0.717) is 0 Å². The molecule has 1 aromatic heterocycles. The van der Waals surface area contributed by atoms with Crippen LogP contribution in [0.2, 0.25) is 0 Å². The van der Waals surface area contributed by atoms with Gasteiger partial charge < -0.3 is 9.64 Å². The molecule has 0 fully saturated rings. The number of methoxy groups -OCH3 is 1. The molecule has 0 aliphatic carbocycles. The lowest BCUT2D eigenvalue weighted by Gasteiger charge is -2.09. The standard InChI is InChI=1S/C10H15FN2O/c1-13(2)5-4-8-6-9(11)10(14-3)12-7-8/h6-7H,4-5H2,1-3H3. The van der Waals surface area contributed by atoms with Gasteiger partial charge in [0.1, 0.15) is 0 Å².